The standard InChI is InChI=1S/C62H119N2O7P/c1-7-10-13-16-19-22-25-28-29-30-31-32-33-34-35-37-40-43-46-49-52-55-62(66)71-60(53-50-47-44-41-38-27-24-21-18-15-12-9-3)59(58-70-72(67,68)69-57-56-64(4,5)6)63-61(65)54-51-48-45-42-39-36-26-23-20-17-14-11-8-2/h19,22,28-29,50,53,59-60H,7-18,20-21,23-27,30-49,51-52,54-58H2,1-6H3,(H-,63,65,67,68)/b22-19-,29-28-,53-50+. The molecule has 424 valence electrons. The van der Waals surface area contributed by atoms with Crippen LogP contribution in [0.4, 0.5) is 0 Å². The van der Waals surface area contributed by atoms with Crippen molar-refractivity contribution in [2.24, 2.45) is 0 Å². The largest absolute Gasteiger partial charge is 0.756 e. The van der Waals surface area contributed by atoms with E-state index in [1.807, 2.05) is 33.3 Å². The van der Waals surface area contributed by atoms with Gasteiger partial charge in [0.1, 0.15) is 19.3 Å². The third kappa shape index (κ3) is 53.1. The van der Waals surface area contributed by atoms with E-state index in [2.05, 4.69) is 50.4 Å². The fourth-order valence-corrected chi connectivity index (χ4v) is 9.75. The third-order valence-electron chi connectivity index (χ3n) is 13.8. The Hall–Kier alpha value is -1.77. The van der Waals surface area contributed by atoms with Gasteiger partial charge in [-0.2, -0.15) is 0 Å². The Morgan fingerprint density at radius 1 is 0.486 bits per heavy atom. The zero-order chi connectivity index (χ0) is 52.9. The highest BCUT2D eigenvalue weighted by atomic mass is 31.2. The molecule has 1 N–H and O–H groups in total. The van der Waals surface area contributed by atoms with Gasteiger partial charge in [-0.3, -0.25) is 14.2 Å². The number of phosphoric acid groups is 1. The van der Waals surface area contributed by atoms with Crippen molar-refractivity contribution < 1.29 is 37.3 Å². The number of carbonyl (C=O) groups is 2. The maximum absolute atomic E-state index is 13.5. The zero-order valence-corrected chi connectivity index (χ0v) is 49.3. The van der Waals surface area contributed by atoms with Gasteiger partial charge in [0.25, 0.3) is 7.82 Å². The summed E-state index contributed by atoms with van der Waals surface area (Å²) in [6.07, 6.45) is 62.5. The van der Waals surface area contributed by atoms with Crippen molar-refractivity contribution in [1.82, 2.24) is 5.32 Å². The fourth-order valence-electron chi connectivity index (χ4n) is 9.02. The highest BCUT2D eigenvalue weighted by Crippen LogP contribution is 2.38. The lowest BCUT2D eigenvalue weighted by molar-refractivity contribution is -0.870. The van der Waals surface area contributed by atoms with Gasteiger partial charge in [0.15, 0.2) is 0 Å². The summed E-state index contributed by atoms with van der Waals surface area (Å²) in [6.45, 7) is 6.84. The summed E-state index contributed by atoms with van der Waals surface area (Å²) in [5, 5.41) is 3.03. The Morgan fingerprint density at radius 2 is 0.847 bits per heavy atom. The summed E-state index contributed by atoms with van der Waals surface area (Å²) < 4.78 is 30.3. The normalized spacial score (nSPS) is 13.9. The number of quaternary nitrogens is 1. The number of likely N-dealkylation sites (N-methyl/N-ethyl adjacent to an activating group) is 1. The molecule has 3 atom stereocenters. The smallest absolute Gasteiger partial charge is 0.306 e. The van der Waals surface area contributed by atoms with E-state index in [0.29, 0.717) is 17.4 Å². The van der Waals surface area contributed by atoms with Gasteiger partial charge in [-0.05, 0) is 63.9 Å². The molecular weight excluding hydrogens is 916 g/mol. The van der Waals surface area contributed by atoms with Gasteiger partial charge in [-0.1, -0.05) is 257 Å². The summed E-state index contributed by atoms with van der Waals surface area (Å²) in [5.74, 6) is -0.531. The van der Waals surface area contributed by atoms with Gasteiger partial charge in [0, 0.05) is 12.8 Å². The monoisotopic (exact) mass is 1030 g/mol. The van der Waals surface area contributed by atoms with Crippen molar-refractivity contribution in [2.45, 2.75) is 309 Å². The molecule has 0 bridgehead atoms. The summed E-state index contributed by atoms with van der Waals surface area (Å²) in [5.41, 5.74) is 0. The lowest BCUT2D eigenvalue weighted by Crippen LogP contribution is -2.47. The maximum Gasteiger partial charge on any atom is 0.306 e. The SMILES string of the molecule is CCCCC/C=C\C/C=C\CCCCCCCCCCCCCC(=O)OC(/C=C/CCCCCCCCCCCC)C(COP(=O)([O-])OCC[N+](C)(C)C)NC(=O)CCCCCCCCCCCCCCC. The van der Waals surface area contributed by atoms with Crippen LogP contribution >= 0.6 is 7.82 Å². The van der Waals surface area contributed by atoms with Crippen LogP contribution < -0.4 is 10.2 Å². The molecule has 0 fully saturated rings. The molecular formula is C62H119N2O7P. The molecule has 72 heavy (non-hydrogen) atoms. The van der Waals surface area contributed by atoms with Crippen molar-refractivity contribution >= 4 is 19.7 Å². The Morgan fingerprint density at radius 3 is 1.28 bits per heavy atom. The number of phosphoric ester groups is 1. The molecule has 10 heteroatoms. The van der Waals surface area contributed by atoms with Crippen molar-refractivity contribution in [1.29, 1.82) is 0 Å². The van der Waals surface area contributed by atoms with E-state index in [0.717, 1.165) is 64.2 Å². The first-order chi connectivity index (χ1) is 34.9. The maximum atomic E-state index is 13.5. The van der Waals surface area contributed by atoms with Crippen molar-refractivity contribution in [3.63, 3.8) is 0 Å². The Balaban J connectivity index is 5.19. The molecule has 3 unspecified atom stereocenters. The predicted molar refractivity (Wildman–Crippen MR) is 307 cm³/mol. The van der Waals surface area contributed by atoms with E-state index in [9.17, 15) is 19.0 Å². The van der Waals surface area contributed by atoms with E-state index in [1.54, 1.807) is 0 Å². The average Bonchev–Trinajstić information content (AvgIpc) is 3.34. The van der Waals surface area contributed by atoms with Crippen molar-refractivity contribution in [3.05, 3.63) is 36.5 Å². The van der Waals surface area contributed by atoms with Crippen LogP contribution in [0.5, 0.6) is 0 Å². The van der Waals surface area contributed by atoms with E-state index in [1.165, 1.54) is 199 Å². The number of ether oxygens (including phenoxy) is 1. The zero-order valence-electron chi connectivity index (χ0n) is 48.4. The number of rotatable bonds is 56. The Labute approximate surface area is 446 Å². The second kappa shape index (κ2) is 52.7. The molecule has 1 amide bonds. The highest BCUT2D eigenvalue weighted by Gasteiger charge is 2.27. The van der Waals surface area contributed by atoms with E-state index in [-0.39, 0.29) is 31.5 Å². The first kappa shape index (κ1) is 70.2. The van der Waals surface area contributed by atoms with Crippen molar-refractivity contribution in [2.75, 3.05) is 40.9 Å². The number of allylic oxidation sites excluding steroid dienone is 5. The summed E-state index contributed by atoms with van der Waals surface area (Å²) in [7, 11) is 1.19. The molecule has 0 saturated heterocycles. The second-order valence-electron chi connectivity index (χ2n) is 22.2. The average molecular weight is 1040 g/mol. The summed E-state index contributed by atoms with van der Waals surface area (Å²) in [4.78, 5) is 39.9. The van der Waals surface area contributed by atoms with Crippen LogP contribution in [-0.2, 0) is 27.9 Å². The third-order valence-corrected chi connectivity index (χ3v) is 14.8. The lowest BCUT2D eigenvalue weighted by atomic mass is 10.0. The van der Waals surface area contributed by atoms with E-state index in [4.69, 9.17) is 13.8 Å². The van der Waals surface area contributed by atoms with Crippen LogP contribution in [0.15, 0.2) is 36.5 Å². The molecule has 0 spiro atoms. The van der Waals surface area contributed by atoms with Crippen LogP contribution in [0.25, 0.3) is 0 Å². The minimum absolute atomic E-state index is 0.0201. The van der Waals surface area contributed by atoms with Crippen LogP contribution in [0.1, 0.15) is 297 Å². The number of hydrogen-bond acceptors (Lipinski definition) is 7. The molecule has 0 saturated carbocycles. The van der Waals surface area contributed by atoms with Gasteiger partial charge in [-0.15, -0.1) is 0 Å². The second-order valence-corrected chi connectivity index (χ2v) is 23.6. The van der Waals surface area contributed by atoms with Crippen molar-refractivity contribution in [3.8, 4) is 0 Å². The molecule has 9 nitrogen and oxygen atoms in total. The molecule has 0 heterocycles. The summed E-state index contributed by atoms with van der Waals surface area (Å²) >= 11 is 0. The molecule has 0 aromatic heterocycles. The van der Waals surface area contributed by atoms with Gasteiger partial charge < -0.3 is 28.5 Å². The van der Waals surface area contributed by atoms with Crippen LogP contribution in [0, 0.1) is 0 Å². The molecule has 0 radical (unpaired) electrons. The number of hydrogen-bond donors (Lipinski definition) is 1. The first-order valence-electron chi connectivity index (χ1n) is 30.8. The molecule has 0 rings (SSSR count). The minimum Gasteiger partial charge on any atom is -0.756 e. The van der Waals surface area contributed by atoms with Gasteiger partial charge in [0.2, 0.25) is 5.91 Å². The number of carbonyl (C=O) groups excluding carboxylic acids is 2. The molecule has 0 aromatic rings. The predicted octanol–water partition coefficient (Wildman–Crippen LogP) is 18.1. The van der Waals surface area contributed by atoms with Gasteiger partial charge >= 0.3 is 5.97 Å². The van der Waals surface area contributed by atoms with Crippen LogP contribution in [0.3, 0.4) is 0 Å². The number of nitrogens with zero attached hydrogens (tertiary/aromatic N) is 1. The Bertz CT molecular complexity index is 1330. The number of nitrogens with one attached hydrogen (secondary N) is 1. The number of amides is 1. The molecule has 0 aromatic carbocycles. The van der Waals surface area contributed by atoms with Crippen LogP contribution in [0.2, 0.25) is 0 Å². The van der Waals surface area contributed by atoms with Crippen LogP contribution in [-0.4, -0.2) is 69.4 Å². The lowest BCUT2D eigenvalue weighted by Gasteiger charge is -2.30. The highest BCUT2D eigenvalue weighted by molar-refractivity contribution is 7.45. The molecule has 0 aliphatic carbocycles. The molecule has 0 aliphatic heterocycles. The van der Waals surface area contributed by atoms with Gasteiger partial charge in [0.05, 0.1) is 33.8 Å². The number of esters is 1. The quantitative estimate of drug-likeness (QED) is 0.0212. The molecule has 0 aliphatic rings. The fraction of sp³-hybridized carbons (Fsp3) is 0.871. The van der Waals surface area contributed by atoms with E-state index < -0.39 is 20.0 Å². The summed E-state index contributed by atoms with van der Waals surface area (Å²) in [6, 6.07) is -0.883. The number of unbranched alkanes of at least 4 members (excludes halogenated alkanes) is 36. The first-order valence-corrected chi connectivity index (χ1v) is 32.3. The minimum atomic E-state index is -4.69. The van der Waals surface area contributed by atoms with Gasteiger partial charge in [-0.25, -0.2) is 0 Å². The topological polar surface area (TPSA) is 114 Å². The Kier molecular flexibility index (Phi) is 51.4. The van der Waals surface area contributed by atoms with E-state index >= 15 is 0 Å².